The monoisotopic (exact) mass is 349 g/mol. The van der Waals surface area contributed by atoms with Crippen molar-refractivity contribution in [1.82, 2.24) is 0 Å². The van der Waals surface area contributed by atoms with Gasteiger partial charge in [0.25, 0.3) is 0 Å². The van der Waals surface area contributed by atoms with Crippen LogP contribution in [0.5, 0.6) is 11.5 Å². The zero-order valence-electron chi connectivity index (χ0n) is 14.9. The van der Waals surface area contributed by atoms with Crippen molar-refractivity contribution in [2.75, 3.05) is 21.3 Å². The summed E-state index contributed by atoms with van der Waals surface area (Å²) in [6.07, 6.45) is 3.26. The van der Waals surface area contributed by atoms with Crippen molar-refractivity contribution in [2.45, 2.75) is 0 Å². The first kappa shape index (κ1) is 18.8. The summed E-state index contributed by atoms with van der Waals surface area (Å²) in [6.45, 7) is 7.48. The summed E-state index contributed by atoms with van der Waals surface area (Å²) in [7, 11) is 4.46. The van der Waals surface area contributed by atoms with E-state index in [1.165, 1.54) is 7.11 Å². The van der Waals surface area contributed by atoms with Crippen molar-refractivity contribution in [1.29, 1.82) is 0 Å². The Morgan fingerprint density at radius 3 is 1.69 bits per heavy atom. The number of nitrogens with zero attached hydrogens (tertiary/aromatic N) is 1. The highest BCUT2D eigenvalue weighted by Crippen LogP contribution is 2.23. The smallest absolute Gasteiger partial charge is 0.327 e. The molecule has 2 aromatic carbocycles. The van der Waals surface area contributed by atoms with Crippen LogP contribution >= 0.6 is 0 Å². The van der Waals surface area contributed by atoms with E-state index in [-0.39, 0.29) is 11.3 Å². The van der Waals surface area contributed by atoms with Crippen molar-refractivity contribution in [3.05, 3.63) is 82.3 Å². The molecule has 0 aliphatic rings. The lowest BCUT2D eigenvalue weighted by Crippen LogP contribution is -2.06. The molecular formula is C21H19NO4. The number of hydrogen-bond acceptors (Lipinski definition) is 4. The molecule has 0 aliphatic heterocycles. The first-order valence-electron chi connectivity index (χ1n) is 7.79. The summed E-state index contributed by atoms with van der Waals surface area (Å²) in [5, 5.41) is 0. The summed E-state index contributed by atoms with van der Waals surface area (Å²) in [5.41, 5.74) is 1.91. The van der Waals surface area contributed by atoms with Crippen LogP contribution < -0.4 is 9.47 Å². The Morgan fingerprint density at radius 2 is 1.31 bits per heavy atom. The van der Waals surface area contributed by atoms with Crippen LogP contribution in [0.15, 0.2) is 59.8 Å². The highest BCUT2D eigenvalue weighted by molar-refractivity contribution is 6.00. The standard InChI is InChI=1S/C21H19NO4/c1-22-20(14-16-7-11-18(25-3)12-8-16)19(21(23)26-4)13-15-5-9-17(24-2)10-6-15/h5-14H,2-4H3/b19-13-,20-14-. The van der Waals surface area contributed by atoms with Gasteiger partial charge in [0.15, 0.2) is 0 Å². The van der Waals surface area contributed by atoms with Crippen molar-refractivity contribution < 1.29 is 19.0 Å². The second kappa shape index (κ2) is 9.09. The maximum absolute atomic E-state index is 12.2. The molecule has 132 valence electrons. The Bertz CT molecular complexity index is 856. The van der Waals surface area contributed by atoms with E-state index in [1.807, 2.05) is 12.1 Å². The number of methoxy groups -OCH3 is 3. The summed E-state index contributed by atoms with van der Waals surface area (Å²) in [4.78, 5) is 15.7. The maximum atomic E-state index is 12.2. The maximum Gasteiger partial charge on any atom is 0.327 e. The SMILES string of the molecule is [C-]#[N+]C(=C\c1ccc(OC)cc1)/C(=C/c1ccc(OC)cc1)C(=O)OC. The molecule has 0 N–H and O–H groups in total. The third-order valence-electron chi connectivity index (χ3n) is 3.65. The first-order chi connectivity index (χ1) is 12.6. The van der Waals surface area contributed by atoms with E-state index in [0.717, 1.165) is 11.1 Å². The molecular weight excluding hydrogens is 330 g/mol. The van der Waals surface area contributed by atoms with Crippen molar-refractivity contribution >= 4 is 18.1 Å². The first-order valence-corrected chi connectivity index (χ1v) is 7.79. The van der Waals surface area contributed by atoms with E-state index in [0.29, 0.717) is 11.5 Å². The van der Waals surface area contributed by atoms with Gasteiger partial charge in [0.1, 0.15) is 11.5 Å². The lowest BCUT2D eigenvalue weighted by molar-refractivity contribution is -0.135. The largest absolute Gasteiger partial charge is 0.497 e. The number of carbonyl (C=O) groups excluding carboxylic acids is 1. The Hall–Kier alpha value is -3.52. The molecule has 0 fully saturated rings. The van der Waals surface area contributed by atoms with Crippen LogP contribution in [0.4, 0.5) is 0 Å². The van der Waals surface area contributed by atoms with Crippen LogP contribution in [0, 0.1) is 6.57 Å². The molecule has 0 unspecified atom stereocenters. The summed E-state index contributed by atoms with van der Waals surface area (Å²) < 4.78 is 15.1. The fourth-order valence-corrected chi connectivity index (χ4v) is 2.24. The molecule has 0 aliphatic carbocycles. The lowest BCUT2D eigenvalue weighted by atomic mass is 10.1. The zero-order chi connectivity index (χ0) is 18.9. The second-order valence-corrected chi connectivity index (χ2v) is 5.24. The molecule has 0 atom stereocenters. The molecule has 0 spiro atoms. The molecule has 5 heteroatoms. The summed E-state index contributed by atoms with van der Waals surface area (Å²) >= 11 is 0. The topological polar surface area (TPSA) is 49.1 Å². The number of ether oxygens (including phenoxy) is 3. The Kier molecular flexibility index (Phi) is 6.58. The van der Waals surface area contributed by atoms with Crippen molar-refractivity contribution in [3.63, 3.8) is 0 Å². The van der Waals surface area contributed by atoms with Gasteiger partial charge in [0.2, 0.25) is 5.70 Å². The molecule has 0 saturated heterocycles. The molecule has 0 bridgehead atoms. The molecule has 5 nitrogen and oxygen atoms in total. The van der Waals surface area contributed by atoms with Gasteiger partial charge in [-0.3, -0.25) is 0 Å². The van der Waals surface area contributed by atoms with Gasteiger partial charge < -0.3 is 14.2 Å². The molecule has 2 rings (SSSR count). The number of esters is 1. The van der Waals surface area contributed by atoms with Crippen LogP contribution in [-0.2, 0) is 9.53 Å². The number of rotatable bonds is 6. The average molecular weight is 349 g/mol. The van der Waals surface area contributed by atoms with E-state index in [4.69, 9.17) is 20.8 Å². The molecule has 0 aromatic heterocycles. The minimum Gasteiger partial charge on any atom is -0.497 e. The quantitative estimate of drug-likeness (QED) is 0.339. The van der Waals surface area contributed by atoms with Gasteiger partial charge in [-0.1, -0.05) is 30.3 Å². The van der Waals surface area contributed by atoms with Crippen LogP contribution in [0.3, 0.4) is 0 Å². The predicted molar refractivity (Wildman–Crippen MR) is 101 cm³/mol. The summed E-state index contributed by atoms with van der Waals surface area (Å²) in [6, 6.07) is 14.4. The number of carbonyl (C=O) groups is 1. The van der Waals surface area contributed by atoms with Gasteiger partial charge in [-0.05, 0) is 41.5 Å². The fraction of sp³-hybridized carbons (Fsp3) is 0.143. The highest BCUT2D eigenvalue weighted by Gasteiger charge is 2.16. The minimum atomic E-state index is -0.573. The third-order valence-corrected chi connectivity index (χ3v) is 3.65. The molecule has 26 heavy (non-hydrogen) atoms. The third kappa shape index (κ3) is 4.74. The highest BCUT2D eigenvalue weighted by atomic mass is 16.5. The molecule has 0 amide bonds. The van der Waals surface area contributed by atoms with E-state index in [2.05, 4.69) is 4.85 Å². The minimum absolute atomic E-state index is 0.184. The van der Waals surface area contributed by atoms with Gasteiger partial charge in [-0.25, -0.2) is 9.64 Å². The fourth-order valence-electron chi connectivity index (χ4n) is 2.24. The van der Waals surface area contributed by atoms with E-state index in [1.54, 1.807) is 62.8 Å². The molecule has 0 saturated carbocycles. The lowest BCUT2D eigenvalue weighted by Gasteiger charge is -2.06. The molecule has 2 aromatic rings. The second-order valence-electron chi connectivity index (χ2n) is 5.24. The van der Waals surface area contributed by atoms with E-state index < -0.39 is 5.97 Å². The Labute approximate surface area is 152 Å². The van der Waals surface area contributed by atoms with Crippen LogP contribution in [-0.4, -0.2) is 27.3 Å². The normalized spacial score (nSPS) is 11.5. The van der Waals surface area contributed by atoms with Crippen LogP contribution in [0.1, 0.15) is 11.1 Å². The Balaban J connectivity index is 2.44. The number of hydrogen-bond donors (Lipinski definition) is 0. The van der Waals surface area contributed by atoms with Gasteiger partial charge in [0, 0.05) is 0 Å². The van der Waals surface area contributed by atoms with Crippen molar-refractivity contribution in [2.24, 2.45) is 0 Å². The van der Waals surface area contributed by atoms with Crippen LogP contribution in [0.25, 0.3) is 17.0 Å². The van der Waals surface area contributed by atoms with Gasteiger partial charge in [-0.2, -0.15) is 0 Å². The zero-order valence-corrected chi connectivity index (χ0v) is 14.9. The summed E-state index contributed by atoms with van der Waals surface area (Å²) in [5.74, 6) is 0.853. The van der Waals surface area contributed by atoms with Crippen molar-refractivity contribution in [3.8, 4) is 11.5 Å². The molecule has 0 radical (unpaired) electrons. The van der Waals surface area contributed by atoms with E-state index >= 15 is 0 Å². The van der Waals surface area contributed by atoms with E-state index in [9.17, 15) is 4.79 Å². The van der Waals surface area contributed by atoms with Gasteiger partial charge >= 0.3 is 5.97 Å². The average Bonchev–Trinajstić information content (AvgIpc) is 2.70. The predicted octanol–water partition coefficient (Wildman–Crippen LogP) is 4.22. The Morgan fingerprint density at radius 1 is 0.846 bits per heavy atom. The van der Waals surface area contributed by atoms with Gasteiger partial charge in [-0.15, -0.1) is 0 Å². The molecule has 0 heterocycles. The van der Waals surface area contributed by atoms with Gasteiger partial charge in [0.05, 0.1) is 33.5 Å². The van der Waals surface area contributed by atoms with Crippen LogP contribution in [0.2, 0.25) is 0 Å². The number of benzene rings is 2.